The molecule has 1 unspecified atom stereocenters. The quantitative estimate of drug-likeness (QED) is 0.887. The smallest absolute Gasteiger partial charge is 0.187 e. The molecule has 1 aromatic heterocycles. The summed E-state index contributed by atoms with van der Waals surface area (Å²) in [5, 5.41) is 0. The number of aryl methyl sites for hydroxylation is 1. The second-order valence-electron chi connectivity index (χ2n) is 5.79. The van der Waals surface area contributed by atoms with Crippen molar-refractivity contribution in [1.82, 2.24) is 14.9 Å². The van der Waals surface area contributed by atoms with Gasteiger partial charge in [0.05, 0.1) is 5.69 Å². The van der Waals surface area contributed by atoms with E-state index in [9.17, 15) is 4.39 Å². The molecule has 1 aliphatic heterocycles. The largest absolute Gasteiger partial charge is 0.353 e. The number of rotatable bonds is 5. The zero-order valence-corrected chi connectivity index (χ0v) is 13.1. The van der Waals surface area contributed by atoms with Crippen LogP contribution in [0.4, 0.5) is 10.2 Å². The molecule has 1 aromatic rings. The Bertz CT molecular complexity index is 454. The van der Waals surface area contributed by atoms with Crippen molar-refractivity contribution >= 4 is 5.82 Å². The molecule has 1 fully saturated rings. The highest BCUT2D eigenvalue weighted by Gasteiger charge is 2.21. The fraction of sp³-hybridized carbons (Fsp3) is 0.733. The lowest BCUT2D eigenvalue weighted by Gasteiger charge is -2.24. The summed E-state index contributed by atoms with van der Waals surface area (Å²) in [4.78, 5) is 12.6. The highest BCUT2D eigenvalue weighted by Crippen LogP contribution is 2.20. The lowest BCUT2D eigenvalue weighted by Crippen LogP contribution is -2.35. The molecule has 2 heterocycles. The third-order valence-electron chi connectivity index (χ3n) is 4.04. The van der Waals surface area contributed by atoms with Gasteiger partial charge in [0.2, 0.25) is 0 Å². The third kappa shape index (κ3) is 4.11. The maximum Gasteiger partial charge on any atom is 0.187 e. The topological polar surface area (TPSA) is 58.3 Å². The maximum absolute atomic E-state index is 14.4. The van der Waals surface area contributed by atoms with E-state index in [0.717, 1.165) is 39.1 Å². The summed E-state index contributed by atoms with van der Waals surface area (Å²) in [7, 11) is 0. The molecule has 2 rings (SSSR count). The van der Waals surface area contributed by atoms with E-state index in [1.165, 1.54) is 6.33 Å². The maximum atomic E-state index is 14.4. The minimum atomic E-state index is -0.260. The highest BCUT2D eigenvalue weighted by molar-refractivity contribution is 5.41. The van der Waals surface area contributed by atoms with Crippen LogP contribution >= 0.6 is 0 Å². The van der Waals surface area contributed by atoms with Gasteiger partial charge in [-0.15, -0.1) is 0 Å². The lowest BCUT2D eigenvalue weighted by molar-refractivity contribution is 0.255. The van der Waals surface area contributed by atoms with E-state index in [1.807, 2.05) is 11.8 Å². The molecular weight excluding hydrogens is 269 g/mol. The van der Waals surface area contributed by atoms with E-state index >= 15 is 0 Å². The molecule has 0 aromatic carbocycles. The van der Waals surface area contributed by atoms with Crippen molar-refractivity contribution in [2.75, 3.05) is 44.2 Å². The predicted molar refractivity (Wildman–Crippen MR) is 82.9 cm³/mol. The first-order chi connectivity index (χ1) is 10.2. The SMILES string of the molecule is CCc1ncnc(N2CCCN(CC(C)CN)CC2)c1F. The zero-order chi connectivity index (χ0) is 15.2. The van der Waals surface area contributed by atoms with Gasteiger partial charge in [0.1, 0.15) is 6.33 Å². The van der Waals surface area contributed by atoms with Gasteiger partial charge in [-0.05, 0) is 31.8 Å². The Hall–Kier alpha value is -1.27. The van der Waals surface area contributed by atoms with Crippen LogP contribution in [0.1, 0.15) is 26.0 Å². The molecule has 0 radical (unpaired) electrons. The molecule has 0 saturated carbocycles. The summed E-state index contributed by atoms with van der Waals surface area (Å²) >= 11 is 0. The van der Waals surface area contributed by atoms with Gasteiger partial charge in [0.25, 0.3) is 0 Å². The fourth-order valence-electron chi connectivity index (χ4n) is 2.74. The molecule has 0 spiro atoms. The van der Waals surface area contributed by atoms with Crippen LogP contribution in [0.5, 0.6) is 0 Å². The number of halogens is 1. The Morgan fingerprint density at radius 3 is 2.81 bits per heavy atom. The van der Waals surface area contributed by atoms with Crippen LogP contribution in [0.25, 0.3) is 0 Å². The van der Waals surface area contributed by atoms with Crippen LogP contribution < -0.4 is 10.6 Å². The van der Waals surface area contributed by atoms with Crippen LogP contribution in [0.3, 0.4) is 0 Å². The Morgan fingerprint density at radius 2 is 2.10 bits per heavy atom. The molecule has 1 atom stereocenters. The Kier molecular flexibility index (Phi) is 5.87. The number of anilines is 1. The number of hydrogen-bond donors (Lipinski definition) is 1. The van der Waals surface area contributed by atoms with Gasteiger partial charge in [0, 0.05) is 26.2 Å². The molecule has 2 N–H and O–H groups in total. The van der Waals surface area contributed by atoms with Crippen molar-refractivity contribution in [1.29, 1.82) is 0 Å². The Balaban J connectivity index is 2.03. The highest BCUT2D eigenvalue weighted by atomic mass is 19.1. The summed E-state index contributed by atoms with van der Waals surface area (Å²) in [6, 6.07) is 0. The van der Waals surface area contributed by atoms with Gasteiger partial charge in [-0.3, -0.25) is 0 Å². The van der Waals surface area contributed by atoms with Crippen molar-refractivity contribution in [2.24, 2.45) is 11.7 Å². The molecule has 1 saturated heterocycles. The number of nitrogens with zero attached hydrogens (tertiary/aromatic N) is 4. The van der Waals surface area contributed by atoms with Gasteiger partial charge in [-0.1, -0.05) is 13.8 Å². The summed E-state index contributed by atoms with van der Waals surface area (Å²) in [6.45, 7) is 9.40. The van der Waals surface area contributed by atoms with Crippen LogP contribution in [0.2, 0.25) is 0 Å². The van der Waals surface area contributed by atoms with E-state index in [0.29, 0.717) is 30.4 Å². The van der Waals surface area contributed by atoms with Gasteiger partial charge in [0.15, 0.2) is 11.6 Å². The van der Waals surface area contributed by atoms with E-state index in [2.05, 4.69) is 21.8 Å². The second-order valence-corrected chi connectivity index (χ2v) is 5.79. The monoisotopic (exact) mass is 295 g/mol. The first kappa shape index (κ1) is 16.1. The van der Waals surface area contributed by atoms with Crippen molar-refractivity contribution in [3.05, 3.63) is 17.8 Å². The van der Waals surface area contributed by atoms with E-state index in [-0.39, 0.29) is 5.82 Å². The molecule has 118 valence electrons. The minimum Gasteiger partial charge on any atom is -0.353 e. The summed E-state index contributed by atoms with van der Waals surface area (Å²) in [6.07, 6.45) is 3.08. The number of aromatic nitrogens is 2. The van der Waals surface area contributed by atoms with Gasteiger partial charge in [-0.25, -0.2) is 14.4 Å². The average molecular weight is 295 g/mol. The van der Waals surface area contributed by atoms with E-state index < -0.39 is 0 Å². The average Bonchev–Trinajstić information content (AvgIpc) is 2.73. The van der Waals surface area contributed by atoms with Crippen LogP contribution in [-0.2, 0) is 6.42 Å². The lowest BCUT2D eigenvalue weighted by atomic mass is 10.1. The van der Waals surface area contributed by atoms with Crippen LogP contribution in [0, 0.1) is 11.7 Å². The van der Waals surface area contributed by atoms with Crippen LogP contribution in [-0.4, -0.2) is 54.1 Å². The summed E-state index contributed by atoms with van der Waals surface area (Å²) in [5.74, 6) is 0.693. The Morgan fingerprint density at radius 1 is 1.29 bits per heavy atom. The van der Waals surface area contributed by atoms with Gasteiger partial charge < -0.3 is 15.5 Å². The second kappa shape index (κ2) is 7.66. The van der Waals surface area contributed by atoms with E-state index in [4.69, 9.17) is 5.73 Å². The molecular formula is C15H26FN5. The number of nitrogens with two attached hydrogens (primary N) is 1. The third-order valence-corrected chi connectivity index (χ3v) is 4.04. The van der Waals surface area contributed by atoms with Crippen molar-refractivity contribution in [3.63, 3.8) is 0 Å². The first-order valence-electron chi connectivity index (χ1n) is 7.82. The summed E-state index contributed by atoms with van der Waals surface area (Å²) in [5.41, 5.74) is 6.19. The molecule has 0 amide bonds. The molecule has 21 heavy (non-hydrogen) atoms. The van der Waals surface area contributed by atoms with Gasteiger partial charge >= 0.3 is 0 Å². The zero-order valence-electron chi connectivity index (χ0n) is 13.1. The predicted octanol–water partition coefficient (Wildman–Crippen LogP) is 1.28. The minimum absolute atomic E-state index is 0.260. The molecule has 0 aliphatic carbocycles. The molecule has 5 nitrogen and oxygen atoms in total. The molecule has 1 aliphatic rings. The standard InChI is InChI=1S/C15H26FN5/c1-3-13-14(16)15(19-11-18-13)21-6-4-5-20(7-8-21)10-12(2)9-17/h11-12H,3-10,17H2,1-2H3. The Labute approximate surface area is 126 Å². The van der Waals surface area contributed by atoms with Crippen molar-refractivity contribution < 1.29 is 4.39 Å². The van der Waals surface area contributed by atoms with Gasteiger partial charge in [-0.2, -0.15) is 0 Å². The van der Waals surface area contributed by atoms with Crippen molar-refractivity contribution in [3.8, 4) is 0 Å². The first-order valence-corrected chi connectivity index (χ1v) is 7.82. The molecule has 6 heteroatoms. The van der Waals surface area contributed by atoms with E-state index in [1.54, 1.807) is 0 Å². The van der Waals surface area contributed by atoms with Crippen molar-refractivity contribution in [2.45, 2.75) is 26.7 Å². The normalized spacial score (nSPS) is 18.6. The molecule has 0 bridgehead atoms. The fourth-order valence-corrected chi connectivity index (χ4v) is 2.74. The van der Waals surface area contributed by atoms with Crippen LogP contribution in [0.15, 0.2) is 6.33 Å². The summed E-state index contributed by atoms with van der Waals surface area (Å²) < 4.78 is 14.4. The number of hydrogen-bond acceptors (Lipinski definition) is 5.